The number of hydrogen-bond donors (Lipinski definition) is 4. The predicted octanol–water partition coefficient (Wildman–Crippen LogP) is 2.72. The summed E-state index contributed by atoms with van der Waals surface area (Å²) in [4.78, 5) is 49.9. The van der Waals surface area contributed by atoms with Gasteiger partial charge in [-0.05, 0) is 54.6 Å². The van der Waals surface area contributed by atoms with E-state index in [2.05, 4.69) is 21.3 Å². The van der Waals surface area contributed by atoms with Crippen molar-refractivity contribution < 1.29 is 19.2 Å². The number of benzene rings is 2. The van der Waals surface area contributed by atoms with E-state index in [1.54, 1.807) is 41.7 Å². The fourth-order valence-electron chi connectivity index (χ4n) is 2.98. The third-order valence-electron chi connectivity index (χ3n) is 4.57. The highest BCUT2D eigenvalue weighted by Crippen LogP contribution is 2.18. The van der Waals surface area contributed by atoms with Crippen LogP contribution < -0.4 is 21.3 Å². The summed E-state index contributed by atoms with van der Waals surface area (Å²) in [5.74, 6) is -2.66. The van der Waals surface area contributed by atoms with Crippen LogP contribution in [0, 0.1) is 6.92 Å². The number of aryl methyl sites for hydroxylation is 1. The Morgan fingerprint density at radius 1 is 0.848 bits per heavy atom. The largest absolute Gasteiger partial charge is 0.347 e. The minimum atomic E-state index is -0.901. The molecule has 0 aliphatic heterocycles. The summed E-state index contributed by atoms with van der Waals surface area (Å²) in [5.41, 5.74) is 2.20. The molecule has 0 aliphatic carbocycles. The van der Waals surface area contributed by atoms with Crippen molar-refractivity contribution in [3.05, 3.63) is 82.0 Å². The highest BCUT2D eigenvalue weighted by Gasteiger charge is 2.16. The van der Waals surface area contributed by atoms with Crippen molar-refractivity contribution in [3.8, 4) is 0 Å². The first-order valence-electron chi connectivity index (χ1n) is 10.3. The van der Waals surface area contributed by atoms with Gasteiger partial charge in [0.05, 0.1) is 17.8 Å². The van der Waals surface area contributed by atoms with Crippen LogP contribution >= 0.6 is 11.3 Å². The highest BCUT2D eigenvalue weighted by atomic mass is 32.1. The Hall–Kier alpha value is -3.98. The first-order valence-corrected chi connectivity index (χ1v) is 11.2. The van der Waals surface area contributed by atoms with Crippen LogP contribution in [0.1, 0.15) is 20.8 Å². The first kappa shape index (κ1) is 23.7. The third-order valence-corrected chi connectivity index (χ3v) is 5.51. The van der Waals surface area contributed by atoms with Crippen molar-refractivity contribution in [1.82, 2.24) is 10.6 Å². The molecule has 1 heterocycles. The Labute approximate surface area is 195 Å². The van der Waals surface area contributed by atoms with Gasteiger partial charge in [0.1, 0.15) is 0 Å². The summed E-state index contributed by atoms with van der Waals surface area (Å²) in [6.07, 6.45) is 0.624. The predicted molar refractivity (Wildman–Crippen MR) is 128 cm³/mol. The molecule has 1 aromatic heterocycles. The van der Waals surface area contributed by atoms with Crippen LogP contribution in [-0.4, -0.2) is 36.7 Å². The molecule has 0 aliphatic rings. The van der Waals surface area contributed by atoms with Crippen molar-refractivity contribution >= 4 is 46.3 Å². The van der Waals surface area contributed by atoms with Crippen molar-refractivity contribution in [3.63, 3.8) is 0 Å². The molecular formula is C24H24N4O4S. The number of rotatable bonds is 8. The minimum Gasteiger partial charge on any atom is -0.347 e. The van der Waals surface area contributed by atoms with E-state index in [1.165, 1.54) is 0 Å². The first-order chi connectivity index (χ1) is 15.9. The molecule has 0 unspecified atom stereocenters. The number of thiophene rings is 1. The molecule has 170 valence electrons. The summed E-state index contributed by atoms with van der Waals surface area (Å²) in [5, 5.41) is 12.1. The lowest BCUT2D eigenvalue weighted by atomic mass is 10.1. The van der Waals surface area contributed by atoms with Gasteiger partial charge in [0, 0.05) is 17.1 Å². The van der Waals surface area contributed by atoms with E-state index in [-0.39, 0.29) is 11.5 Å². The number of nitrogens with one attached hydrogen (secondary N) is 4. The molecule has 0 saturated carbocycles. The Balaban J connectivity index is 1.49. The number of carbonyl (C=O) groups is 4. The highest BCUT2D eigenvalue weighted by molar-refractivity contribution is 7.09. The molecule has 0 bridgehead atoms. The second kappa shape index (κ2) is 11.6. The van der Waals surface area contributed by atoms with Gasteiger partial charge in [-0.3, -0.25) is 19.2 Å². The van der Waals surface area contributed by atoms with E-state index in [4.69, 9.17) is 0 Å². The molecule has 0 radical (unpaired) electrons. The Morgan fingerprint density at radius 2 is 1.64 bits per heavy atom. The summed E-state index contributed by atoms with van der Waals surface area (Å²) in [7, 11) is 0. The SMILES string of the molecule is Cc1cccc(NC(=O)c2ccccc2NC(=O)CNC(=O)C(=O)NCCc2cccs2)c1. The zero-order valence-corrected chi connectivity index (χ0v) is 18.8. The molecule has 9 heteroatoms. The lowest BCUT2D eigenvalue weighted by molar-refractivity contribution is -0.139. The van der Waals surface area contributed by atoms with Gasteiger partial charge in [-0.25, -0.2) is 0 Å². The number of carbonyl (C=O) groups excluding carboxylic acids is 4. The standard InChI is InChI=1S/C24H24N4O4S/c1-16-6-4-7-17(14-16)27-22(30)19-9-2-3-10-20(19)28-21(29)15-26-24(32)23(31)25-12-11-18-8-5-13-33-18/h2-10,13-14H,11-12,15H2,1H3,(H,25,31)(H,26,32)(H,27,30)(H,28,29). The van der Waals surface area contributed by atoms with Gasteiger partial charge >= 0.3 is 11.8 Å². The van der Waals surface area contributed by atoms with E-state index >= 15 is 0 Å². The van der Waals surface area contributed by atoms with Crippen LogP contribution in [0.3, 0.4) is 0 Å². The Bertz CT molecular complexity index is 1140. The quantitative estimate of drug-likeness (QED) is 0.384. The van der Waals surface area contributed by atoms with Gasteiger partial charge in [-0.15, -0.1) is 11.3 Å². The second-order valence-corrected chi connectivity index (χ2v) is 8.22. The lowest BCUT2D eigenvalue weighted by Gasteiger charge is -2.12. The van der Waals surface area contributed by atoms with Gasteiger partial charge in [0.2, 0.25) is 5.91 Å². The second-order valence-electron chi connectivity index (χ2n) is 7.19. The molecule has 3 rings (SSSR count). The molecule has 2 aromatic carbocycles. The van der Waals surface area contributed by atoms with Crippen LogP contribution in [-0.2, 0) is 20.8 Å². The smallest absolute Gasteiger partial charge is 0.309 e. The van der Waals surface area contributed by atoms with E-state index in [9.17, 15) is 19.2 Å². The fraction of sp³-hybridized carbons (Fsp3) is 0.167. The van der Waals surface area contributed by atoms with Crippen LogP contribution in [0.15, 0.2) is 66.0 Å². The number of para-hydroxylation sites is 1. The van der Waals surface area contributed by atoms with E-state index in [0.29, 0.717) is 24.3 Å². The van der Waals surface area contributed by atoms with Gasteiger partial charge in [-0.2, -0.15) is 0 Å². The van der Waals surface area contributed by atoms with Crippen molar-refractivity contribution in [2.75, 3.05) is 23.7 Å². The molecule has 33 heavy (non-hydrogen) atoms. The summed E-state index contributed by atoms with van der Waals surface area (Å²) < 4.78 is 0. The van der Waals surface area contributed by atoms with Crippen LogP contribution in [0.25, 0.3) is 0 Å². The summed E-state index contributed by atoms with van der Waals surface area (Å²) >= 11 is 1.57. The number of amides is 4. The normalized spacial score (nSPS) is 10.2. The number of hydrogen-bond acceptors (Lipinski definition) is 5. The van der Waals surface area contributed by atoms with Crippen molar-refractivity contribution in [1.29, 1.82) is 0 Å². The zero-order valence-electron chi connectivity index (χ0n) is 18.0. The minimum absolute atomic E-state index is 0.269. The van der Waals surface area contributed by atoms with E-state index < -0.39 is 24.3 Å². The maximum atomic E-state index is 12.7. The maximum absolute atomic E-state index is 12.7. The molecule has 0 fully saturated rings. The maximum Gasteiger partial charge on any atom is 0.309 e. The van der Waals surface area contributed by atoms with Crippen LogP contribution in [0.5, 0.6) is 0 Å². The molecule has 0 spiro atoms. The molecule has 0 atom stereocenters. The zero-order chi connectivity index (χ0) is 23.6. The van der Waals surface area contributed by atoms with E-state index in [0.717, 1.165) is 10.4 Å². The Morgan fingerprint density at radius 3 is 2.39 bits per heavy atom. The van der Waals surface area contributed by atoms with Crippen LogP contribution in [0.2, 0.25) is 0 Å². The average molecular weight is 465 g/mol. The van der Waals surface area contributed by atoms with Gasteiger partial charge < -0.3 is 21.3 Å². The van der Waals surface area contributed by atoms with Crippen LogP contribution in [0.4, 0.5) is 11.4 Å². The third kappa shape index (κ3) is 7.29. The monoisotopic (exact) mass is 464 g/mol. The van der Waals surface area contributed by atoms with Crippen molar-refractivity contribution in [2.45, 2.75) is 13.3 Å². The summed E-state index contributed by atoms with van der Waals surface area (Å²) in [6, 6.07) is 17.7. The molecular weight excluding hydrogens is 440 g/mol. The van der Waals surface area contributed by atoms with Crippen molar-refractivity contribution in [2.24, 2.45) is 0 Å². The molecule has 4 N–H and O–H groups in total. The summed E-state index contributed by atoms with van der Waals surface area (Å²) in [6.45, 7) is 1.83. The van der Waals surface area contributed by atoms with E-state index in [1.807, 2.05) is 42.6 Å². The van der Waals surface area contributed by atoms with Gasteiger partial charge in [0.15, 0.2) is 0 Å². The topological polar surface area (TPSA) is 116 Å². The fourth-order valence-corrected chi connectivity index (χ4v) is 3.69. The Kier molecular flexibility index (Phi) is 8.31. The number of anilines is 2. The molecule has 0 saturated heterocycles. The molecule has 8 nitrogen and oxygen atoms in total. The lowest BCUT2D eigenvalue weighted by Crippen LogP contribution is -2.43. The van der Waals surface area contributed by atoms with Gasteiger partial charge in [0.25, 0.3) is 5.91 Å². The molecule has 3 aromatic rings. The van der Waals surface area contributed by atoms with Gasteiger partial charge in [-0.1, -0.05) is 30.3 Å². The average Bonchev–Trinajstić information content (AvgIpc) is 3.31. The molecule has 4 amide bonds.